The third kappa shape index (κ3) is 5.40. The Morgan fingerprint density at radius 3 is 2.55 bits per heavy atom. The molecule has 156 valence electrons. The van der Waals surface area contributed by atoms with Crippen molar-refractivity contribution in [2.45, 2.75) is 38.6 Å². The van der Waals surface area contributed by atoms with Crippen molar-refractivity contribution in [1.29, 1.82) is 0 Å². The largest absolute Gasteiger partial charge is 0.459 e. The fourth-order valence-corrected chi connectivity index (χ4v) is 3.61. The lowest BCUT2D eigenvalue weighted by Crippen LogP contribution is -2.45. The zero-order valence-corrected chi connectivity index (χ0v) is 17.5. The van der Waals surface area contributed by atoms with E-state index >= 15 is 0 Å². The summed E-state index contributed by atoms with van der Waals surface area (Å²) in [7, 11) is 0. The first kappa shape index (κ1) is 21.4. The second kappa shape index (κ2) is 9.46. The molecule has 1 aromatic heterocycles. The van der Waals surface area contributed by atoms with E-state index in [0.29, 0.717) is 17.3 Å². The van der Waals surface area contributed by atoms with Gasteiger partial charge in [-0.2, -0.15) is 0 Å². The topological polar surface area (TPSA) is 74.6 Å². The molecule has 7 heteroatoms. The lowest BCUT2D eigenvalue weighted by atomic mass is 10.0. The van der Waals surface area contributed by atoms with E-state index in [1.807, 2.05) is 24.0 Å². The number of furan rings is 1. The molecule has 2 heterocycles. The number of aryl methyl sites for hydroxylation is 1. The van der Waals surface area contributed by atoms with Crippen molar-refractivity contribution in [3.8, 4) is 0 Å². The fourth-order valence-electron chi connectivity index (χ4n) is 3.61. The molecule has 2 amide bonds. The molecular weight excluding hydrogens is 390 g/mol. The van der Waals surface area contributed by atoms with Gasteiger partial charge in [0.05, 0.1) is 6.26 Å². The van der Waals surface area contributed by atoms with E-state index in [1.54, 1.807) is 18.2 Å². The Kier molecular flexibility index (Phi) is 6.98. The van der Waals surface area contributed by atoms with Crippen molar-refractivity contribution >= 4 is 29.9 Å². The van der Waals surface area contributed by atoms with Crippen LogP contribution in [-0.4, -0.2) is 42.4 Å². The third-order valence-corrected chi connectivity index (χ3v) is 5.65. The van der Waals surface area contributed by atoms with Gasteiger partial charge in [-0.3, -0.25) is 9.59 Å². The van der Waals surface area contributed by atoms with Crippen LogP contribution < -0.4 is 10.6 Å². The Balaban J connectivity index is 0.00000240. The van der Waals surface area contributed by atoms with Crippen LogP contribution in [0, 0.1) is 12.8 Å². The minimum Gasteiger partial charge on any atom is -0.459 e. The second-order valence-corrected chi connectivity index (χ2v) is 7.88. The molecule has 1 aromatic carbocycles. The molecule has 6 nitrogen and oxygen atoms in total. The van der Waals surface area contributed by atoms with Crippen LogP contribution in [0.1, 0.15) is 52.2 Å². The van der Waals surface area contributed by atoms with E-state index in [-0.39, 0.29) is 30.0 Å². The van der Waals surface area contributed by atoms with Crippen LogP contribution in [0.3, 0.4) is 0 Å². The predicted molar refractivity (Wildman–Crippen MR) is 115 cm³/mol. The number of halogens is 1. The maximum atomic E-state index is 12.9. The zero-order valence-electron chi connectivity index (χ0n) is 16.6. The van der Waals surface area contributed by atoms with Gasteiger partial charge >= 0.3 is 0 Å². The molecule has 1 saturated heterocycles. The number of likely N-dealkylation sites (tertiary alicyclic amines) is 1. The summed E-state index contributed by atoms with van der Waals surface area (Å²) in [6, 6.07) is 9.26. The number of anilines is 1. The molecule has 1 saturated carbocycles. The number of carbonyl (C=O) groups excluding carboxylic acids is 2. The molecule has 0 bridgehead atoms. The molecule has 1 aliphatic carbocycles. The molecule has 0 unspecified atom stereocenters. The van der Waals surface area contributed by atoms with Gasteiger partial charge < -0.3 is 20.0 Å². The monoisotopic (exact) mass is 417 g/mol. The maximum Gasteiger partial charge on any atom is 0.291 e. The summed E-state index contributed by atoms with van der Waals surface area (Å²) in [4.78, 5) is 27.1. The lowest BCUT2D eigenvalue weighted by Gasteiger charge is -2.32. The van der Waals surface area contributed by atoms with Crippen LogP contribution in [0.4, 0.5) is 5.69 Å². The minimum absolute atomic E-state index is 0. The van der Waals surface area contributed by atoms with Crippen molar-refractivity contribution in [1.82, 2.24) is 10.2 Å². The lowest BCUT2D eigenvalue weighted by molar-refractivity contribution is 0.0704. The number of nitrogens with zero attached hydrogens (tertiary/aromatic N) is 1. The highest BCUT2D eigenvalue weighted by Gasteiger charge is 2.26. The van der Waals surface area contributed by atoms with Gasteiger partial charge in [-0.15, -0.1) is 12.4 Å². The number of piperidine rings is 1. The summed E-state index contributed by atoms with van der Waals surface area (Å²) < 4.78 is 5.14. The number of benzene rings is 1. The second-order valence-electron chi connectivity index (χ2n) is 7.88. The predicted octanol–water partition coefficient (Wildman–Crippen LogP) is 3.87. The molecule has 2 aliphatic rings. The van der Waals surface area contributed by atoms with E-state index in [9.17, 15) is 9.59 Å². The Bertz CT molecular complexity index is 841. The van der Waals surface area contributed by atoms with Gasteiger partial charge in [0.2, 0.25) is 0 Å². The van der Waals surface area contributed by atoms with Gasteiger partial charge in [-0.25, -0.2) is 0 Å². The summed E-state index contributed by atoms with van der Waals surface area (Å²) in [5, 5.41) is 6.48. The summed E-state index contributed by atoms with van der Waals surface area (Å²) in [5.41, 5.74) is 2.14. The summed E-state index contributed by atoms with van der Waals surface area (Å²) in [5.74, 6) is 0.827. The van der Waals surface area contributed by atoms with E-state index in [1.165, 1.54) is 19.1 Å². The number of carbonyl (C=O) groups is 2. The summed E-state index contributed by atoms with van der Waals surface area (Å²) in [6.45, 7) is 4.56. The van der Waals surface area contributed by atoms with E-state index in [2.05, 4.69) is 10.6 Å². The molecule has 4 rings (SSSR count). The Hall–Kier alpha value is -2.31. The highest BCUT2D eigenvalue weighted by Crippen LogP contribution is 2.28. The normalized spacial score (nSPS) is 16.9. The molecule has 2 aromatic rings. The van der Waals surface area contributed by atoms with Gasteiger partial charge in [0.25, 0.3) is 11.8 Å². The first-order valence-corrected chi connectivity index (χ1v) is 10.1. The van der Waals surface area contributed by atoms with Gasteiger partial charge in [0.15, 0.2) is 5.76 Å². The highest BCUT2D eigenvalue weighted by atomic mass is 35.5. The average Bonchev–Trinajstić information content (AvgIpc) is 3.38. The van der Waals surface area contributed by atoms with Crippen LogP contribution in [-0.2, 0) is 0 Å². The van der Waals surface area contributed by atoms with Gasteiger partial charge in [-0.1, -0.05) is 6.07 Å². The van der Waals surface area contributed by atoms with Crippen LogP contribution in [0.15, 0.2) is 41.0 Å². The fraction of sp³-hybridized carbons (Fsp3) is 0.455. The summed E-state index contributed by atoms with van der Waals surface area (Å²) >= 11 is 0. The van der Waals surface area contributed by atoms with E-state index < -0.39 is 0 Å². The van der Waals surface area contributed by atoms with E-state index in [4.69, 9.17) is 4.42 Å². The zero-order chi connectivity index (χ0) is 19.5. The van der Waals surface area contributed by atoms with Gasteiger partial charge in [0.1, 0.15) is 0 Å². The molecule has 2 N–H and O–H groups in total. The molecule has 1 aliphatic heterocycles. The van der Waals surface area contributed by atoms with Gasteiger partial charge in [0, 0.05) is 30.4 Å². The molecule has 0 atom stereocenters. The Labute approximate surface area is 177 Å². The first-order valence-electron chi connectivity index (χ1n) is 10.1. The average molecular weight is 418 g/mol. The van der Waals surface area contributed by atoms with Crippen molar-refractivity contribution in [3.63, 3.8) is 0 Å². The number of amides is 2. The highest BCUT2D eigenvalue weighted by molar-refractivity contribution is 6.03. The Morgan fingerprint density at radius 2 is 1.90 bits per heavy atom. The number of hydrogen-bond acceptors (Lipinski definition) is 4. The molecular formula is C22H28ClN3O3. The minimum atomic E-state index is -0.319. The number of rotatable bonds is 6. The van der Waals surface area contributed by atoms with Crippen molar-refractivity contribution < 1.29 is 14.0 Å². The molecule has 29 heavy (non-hydrogen) atoms. The Morgan fingerprint density at radius 1 is 1.14 bits per heavy atom. The van der Waals surface area contributed by atoms with Crippen molar-refractivity contribution in [3.05, 3.63) is 53.5 Å². The van der Waals surface area contributed by atoms with E-state index in [0.717, 1.165) is 44.0 Å². The van der Waals surface area contributed by atoms with Crippen LogP contribution in [0.2, 0.25) is 0 Å². The molecule has 0 radical (unpaired) electrons. The van der Waals surface area contributed by atoms with Crippen LogP contribution in [0.25, 0.3) is 0 Å². The van der Waals surface area contributed by atoms with Crippen molar-refractivity contribution in [2.75, 3.05) is 25.0 Å². The number of hydrogen-bond donors (Lipinski definition) is 2. The smallest absolute Gasteiger partial charge is 0.291 e. The molecule has 0 spiro atoms. The van der Waals surface area contributed by atoms with Crippen LogP contribution >= 0.6 is 12.4 Å². The van der Waals surface area contributed by atoms with Crippen LogP contribution in [0.5, 0.6) is 0 Å². The summed E-state index contributed by atoms with van der Waals surface area (Å²) in [6.07, 6.45) is 6.16. The maximum absolute atomic E-state index is 12.9. The molecule has 2 fully saturated rings. The third-order valence-electron chi connectivity index (χ3n) is 5.65. The first-order chi connectivity index (χ1) is 13.6. The van der Waals surface area contributed by atoms with Gasteiger partial charge in [-0.05, 0) is 74.9 Å². The standard InChI is InChI=1S/C22H27N3O3.ClH/c1-15-4-7-17(13-19(15)24-21(26)20-3-2-12-28-20)22(27)25-10-8-18(9-11-25)23-14-16-5-6-16;/h2-4,7,12-13,16,18,23H,5-6,8-11,14H2,1H3,(H,24,26);1H. The van der Waals surface area contributed by atoms with Crippen molar-refractivity contribution in [2.24, 2.45) is 5.92 Å². The SMILES string of the molecule is Cc1ccc(C(=O)N2CCC(NCC3CC3)CC2)cc1NC(=O)c1ccco1.Cl. The quantitative estimate of drug-likeness (QED) is 0.748. The number of nitrogens with one attached hydrogen (secondary N) is 2.